The molecule has 0 amide bonds. The molecule has 0 saturated heterocycles. The van der Waals surface area contributed by atoms with Gasteiger partial charge in [-0.2, -0.15) is 0 Å². The maximum atomic E-state index is 2.56. The van der Waals surface area contributed by atoms with Gasteiger partial charge in [0.25, 0.3) is 0 Å². The molecule has 0 aliphatic rings. The van der Waals surface area contributed by atoms with Crippen LogP contribution in [0.25, 0.3) is 78.6 Å². The van der Waals surface area contributed by atoms with Crippen LogP contribution < -0.4 is 4.90 Å². The molecule has 0 bridgehead atoms. The van der Waals surface area contributed by atoms with Crippen molar-refractivity contribution in [1.82, 2.24) is 4.57 Å². The van der Waals surface area contributed by atoms with Crippen LogP contribution in [0.15, 0.2) is 170 Å². The molecule has 0 aliphatic carbocycles. The molecule has 11 aromatic rings. The second-order valence-electron chi connectivity index (χ2n) is 12.9. The van der Waals surface area contributed by atoms with Gasteiger partial charge in [-0.05, 0) is 65.4 Å². The van der Waals surface area contributed by atoms with Crippen LogP contribution in [0.4, 0.5) is 17.1 Å². The number of anilines is 3. The van der Waals surface area contributed by atoms with Crippen molar-refractivity contribution in [2.24, 2.45) is 0 Å². The highest BCUT2D eigenvalue weighted by molar-refractivity contribution is 7.27. The third-order valence-electron chi connectivity index (χ3n) is 10.2. The van der Waals surface area contributed by atoms with E-state index in [9.17, 15) is 0 Å². The summed E-state index contributed by atoms with van der Waals surface area (Å²) in [6, 6.07) is 62.3. The molecule has 11 rings (SSSR count). The molecule has 234 valence electrons. The summed E-state index contributed by atoms with van der Waals surface area (Å²) in [5.74, 6) is 0. The zero-order valence-electron chi connectivity index (χ0n) is 26.9. The second kappa shape index (κ2) is 10.8. The van der Waals surface area contributed by atoms with Gasteiger partial charge in [-0.15, -0.1) is 22.7 Å². The third kappa shape index (κ3) is 3.95. The molecule has 50 heavy (non-hydrogen) atoms. The lowest BCUT2D eigenvalue weighted by atomic mass is 10.0. The quantitative estimate of drug-likeness (QED) is 0.181. The lowest BCUT2D eigenvalue weighted by Gasteiger charge is -2.28. The molecule has 0 saturated carbocycles. The van der Waals surface area contributed by atoms with Crippen LogP contribution in [0.1, 0.15) is 0 Å². The minimum atomic E-state index is 1.16. The molecule has 2 nitrogen and oxygen atoms in total. The predicted molar refractivity (Wildman–Crippen MR) is 219 cm³/mol. The Morgan fingerprint density at radius 1 is 0.360 bits per heavy atom. The van der Waals surface area contributed by atoms with Crippen molar-refractivity contribution in [3.05, 3.63) is 170 Å². The van der Waals surface area contributed by atoms with Crippen LogP contribution in [0, 0.1) is 0 Å². The van der Waals surface area contributed by atoms with Gasteiger partial charge in [0.1, 0.15) is 0 Å². The first-order chi connectivity index (χ1) is 24.8. The highest BCUT2D eigenvalue weighted by Gasteiger charge is 2.25. The number of fused-ring (bicyclic) bond motifs is 11. The Balaban J connectivity index is 1.31. The summed E-state index contributed by atoms with van der Waals surface area (Å²) in [7, 11) is 0. The molecule has 4 heteroatoms. The smallest absolute Gasteiger partial charge is 0.0640 e. The van der Waals surface area contributed by atoms with Gasteiger partial charge in [0.05, 0.1) is 32.8 Å². The Bertz CT molecular complexity index is 3110. The first kappa shape index (κ1) is 28.0. The highest BCUT2D eigenvalue weighted by atomic mass is 32.1. The van der Waals surface area contributed by atoms with Crippen molar-refractivity contribution >= 4 is 113 Å². The van der Waals surface area contributed by atoms with E-state index < -0.39 is 0 Å². The van der Waals surface area contributed by atoms with Crippen molar-refractivity contribution in [3.63, 3.8) is 0 Å². The maximum Gasteiger partial charge on any atom is 0.0640 e. The molecule has 0 atom stereocenters. The van der Waals surface area contributed by atoms with Gasteiger partial charge >= 0.3 is 0 Å². The number of rotatable bonds is 4. The fraction of sp³-hybridized carbons (Fsp3) is 0. The van der Waals surface area contributed by atoms with E-state index in [4.69, 9.17) is 0 Å². The normalized spacial score (nSPS) is 12.0. The van der Waals surface area contributed by atoms with Crippen molar-refractivity contribution in [2.75, 3.05) is 4.90 Å². The summed E-state index contributed by atoms with van der Waals surface area (Å²) >= 11 is 3.79. The number of hydrogen-bond donors (Lipinski definition) is 0. The number of thiophene rings is 2. The number of nitrogens with zero attached hydrogens (tertiary/aromatic N) is 2. The summed E-state index contributed by atoms with van der Waals surface area (Å²) in [4.78, 5) is 2.56. The topological polar surface area (TPSA) is 8.17 Å². The standard InChI is InChI=1S/C46H28N2S2/c1-2-14-30(15-3-1)47-36-20-8-6-18-34(36)43-37(47)21-11-22-38(43)48(40-24-10-19-33-32-17-7-9-25-41(32)49-46(33)40)39-23-12-26-42-44(39)35-28-27-29-13-4-5-16-31(29)45(35)50-42/h1-28H. The van der Waals surface area contributed by atoms with Crippen molar-refractivity contribution in [1.29, 1.82) is 0 Å². The van der Waals surface area contributed by atoms with Gasteiger partial charge in [-0.3, -0.25) is 0 Å². The minimum Gasteiger partial charge on any atom is -0.309 e. The van der Waals surface area contributed by atoms with Gasteiger partial charge in [0.15, 0.2) is 0 Å². The van der Waals surface area contributed by atoms with Gasteiger partial charge in [-0.25, -0.2) is 0 Å². The number of para-hydroxylation sites is 2. The molecule has 3 aromatic heterocycles. The molecule has 0 aliphatic heterocycles. The molecule has 0 radical (unpaired) electrons. The summed E-state index contributed by atoms with van der Waals surface area (Å²) in [6.45, 7) is 0. The number of hydrogen-bond acceptors (Lipinski definition) is 3. The minimum absolute atomic E-state index is 1.16. The summed E-state index contributed by atoms with van der Waals surface area (Å²) in [5, 5.41) is 10.3. The summed E-state index contributed by atoms with van der Waals surface area (Å²) < 4.78 is 7.64. The first-order valence-corrected chi connectivity index (χ1v) is 18.6. The molecule has 3 heterocycles. The fourth-order valence-electron chi connectivity index (χ4n) is 8.06. The van der Waals surface area contributed by atoms with Gasteiger partial charge in [0, 0.05) is 52.1 Å². The maximum absolute atomic E-state index is 2.56. The summed E-state index contributed by atoms with van der Waals surface area (Å²) in [5.41, 5.74) is 7.11. The molecule has 0 unspecified atom stereocenters. The number of aromatic nitrogens is 1. The third-order valence-corrected chi connectivity index (χ3v) is 12.6. The van der Waals surface area contributed by atoms with Crippen LogP contribution >= 0.6 is 22.7 Å². The summed E-state index contributed by atoms with van der Waals surface area (Å²) in [6.07, 6.45) is 0. The number of benzene rings is 8. The van der Waals surface area contributed by atoms with Crippen LogP contribution in [0.5, 0.6) is 0 Å². The molecule has 0 N–H and O–H groups in total. The van der Waals surface area contributed by atoms with E-state index in [1.807, 2.05) is 22.7 Å². The van der Waals surface area contributed by atoms with E-state index in [-0.39, 0.29) is 0 Å². The van der Waals surface area contributed by atoms with E-state index >= 15 is 0 Å². The van der Waals surface area contributed by atoms with Crippen molar-refractivity contribution < 1.29 is 0 Å². The first-order valence-electron chi connectivity index (χ1n) is 16.9. The Kier molecular flexibility index (Phi) is 6.03. The van der Waals surface area contributed by atoms with Gasteiger partial charge in [-0.1, -0.05) is 115 Å². The zero-order valence-corrected chi connectivity index (χ0v) is 28.5. The molecular weight excluding hydrogens is 645 g/mol. The van der Waals surface area contributed by atoms with Crippen LogP contribution in [0.2, 0.25) is 0 Å². The van der Waals surface area contributed by atoms with E-state index in [1.54, 1.807) is 0 Å². The van der Waals surface area contributed by atoms with Crippen molar-refractivity contribution in [3.8, 4) is 5.69 Å². The Morgan fingerprint density at radius 3 is 1.88 bits per heavy atom. The Labute approximate surface area is 296 Å². The van der Waals surface area contributed by atoms with E-state index in [0.717, 1.165) is 5.69 Å². The largest absolute Gasteiger partial charge is 0.309 e. The SMILES string of the molecule is c1ccc(-n2c3ccccc3c3c(N(c4cccc5c4sc4ccccc45)c4cccc5sc6c7ccccc7ccc6c45)cccc32)cc1. The van der Waals surface area contributed by atoms with E-state index in [2.05, 4.69) is 179 Å². The van der Waals surface area contributed by atoms with Crippen LogP contribution in [0.3, 0.4) is 0 Å². The van der Waals surface area contributed by atoms with Gasteiger partial charge < -0.3 is 9.47 Å². The monoisotopic (exact) mass is 672 g/mol. The van der Waals surface area contributed by atoms with Crippen LogP contribution in [-0.2, 0) is 0 Å². The molecular formula is C46H28N2S2. The molecule has 8 aromatic carbocycles. The Hall–Kier alpha value is -5.94. The van der Waals surface area contributed by atoms with E-state index in [1.165, 1.54) is 90.0 Å². The lowest BCUT2D eigenvalue weighted by Crippen LogP contribution is -2.11. The van der Waals surface area contributed by atoms with Crippen molar-refractivity contribution in [2.45, 2.75) is 0 Å². The average Bonchev–Trinajstić information content (AvgIpc) is 3.86. The van der Waals surface area contributed by atoms with Crippen LogP contribution in [-0.4, -0.2) is 4.57 Å². The molecule has 0 fully saturated rings. The van der Waals surface area contributed by atoms with E-state index in [0.29, 0.717) is 0 Å². The average molecular weight is 673 g/mol. The lowest BCUT2D eigenvalue weighted by molar-refractivity contribution is 1.18. The van der Waals surface area contributed by atoms with Gasteiger partial charge in [0.2, 0.25) is 0 Å². The fourth-order valence-corrected chi connectivity index (χ4v) is 10.5. The Morgan fingerprint density at radius 2 is 0.980 bits per heavy atom. The highest BCUT2D eigenvalue weighted by Crippen LogP contribution is 2.52. The second-order valence-corrected chi connectivity index (χ2v) is 15.0. The zero-order chi connectivity index (χ0) is 32.8. The molecule has 0 spiro atoms. The predicted octanol–water partition coefficient (Wildman–Crippen LogP) is 14.1.